The molecule has 5 heteroatoms. The van der Waals surface area contributed by atoms with Crippen LogP contribution in [0.4, 0.5) is 0 Å². The van der Waals surface area contributed by atoms with Crippen LogP contribution < -0.4 is 4.74 Å². The monoisotopic (exact) mass is 339 g/mol. The topological polar surface area (TPSA) is 39.9 Å². The van der Waals surface area contributed by atoms with Crippen molar-refractivity contribution in [1.82, 2.24) is 14.8 Å². The maximum Gasteiger partial charge on any atom is 0.191 e. The van der Waals surface area contributed by atoms with Gasteiger partial charge in [0, 0.05) is 12.3 Å². The average Bonchev–Trinajstić information content (AvgIpc) is 3.04. The highest BCUT2D eigenvalue weighted by Gasteiger charge is 2.16. The van der Waals surface area contributed by atoms with Gasteiger partial charge >= 0.3 is 0 Å². The molecule has 0 saturated heterocycles. The summed E-state index contributed by atoms with van der Waals surface area (Å²) in [6.45, 7) is 5.55. The van der Waals surface area contributed by atoms with Gasteiger partial charge < -0.3 is 9.30 Å². The predicted octanol–water partition coefficient (Wildman–Crippen LogP) is 4.66. The van der Waals surface area contributed by atoms with E-state index in [9.17, 15) is 0 Å². The number of aromatic nitrogens is 3. The third-order valence-corrected chi connectivity index (χ3v) is 4.71. The minimum absolute atomic E-state index is 0.632. The van der Waals surface area contributed by atoms with Crippen molar-refractivity contribution in [2.75, 3.05) is 6.61 Å². The second kappa shape index (κ2) is 8.02. The predicted molar refractivity (Wildman–Crippen MR) is 98.3 cm³/mol. The third-order valence-electron chi connectivity index (χ3n) is 3.67. The van der Waals surface area contributed by atoms with E-state index in [0.29, 0.717) is 6.61 Å². The van der Waals surface area contributed by atoms with Gasteiger partial charge in [0.05, 0.1) is 12.2 Å². The van der Waals surface area contributed by atoms with E-state index >= 15 is 0 Å². The van der Waals surface area contributed by atoms with Crippen LogP contribution >= 0.6 is 11.8 Å². The van der Waals surface area contributed by atoms with E-state index in [0.717, 1.165) is 34.6 Å². The van der Waals surface area contributed by atoms with Crippen LogP contribution in [0.3, 0.4) is 0 Å². The molecule has 2 aromatic carbocycles. The number of para-hydroxylation sites is 1. The molecule has 124 valence electrons. The van der Waals surface area contributed by atoms with E-state index in [1.54, 1.807) is 11.8 Å². The molecule has 1 aromatic heterocycles. The van der Waals surface area contributed by atoms with Crippen LogP contribution in [0, 0.1) is 0 Å². The first-order chi connectivity index (χ1) is 11.8. The van der Waals surface area contributed by atoms with E-state index in [1.165, 1.54) is 5.56 Å². The molecule has 1 heterocycles. The fourth-order valence-corrected chi connectivity index (χ4v) is 3.49. The molecule has 0 amide bonds. The van der Waals surface area contributed by atoms with Gasteiger partial charge in [-0.05, 0) is 31.5 Å². The van der Waals surface area contributed by atoms with Crippen molar-refractivity contribution in [3.8, 4) is 17.1 Å². The van der Waals surface area contributed by atoms with Crippen LogP contribution in [0.2, 0.25) is 0 Å². The Bertz CT molecular complexity index is 786. The first-order valence-electron chi connectivity index (χ1n) is 8.15. The van der Waals surface area contributed by atoms with Gasteiger partial charge in [-0.3, -0.25) is 0 Å². The van der Waals surface area contributed by atoms with Crippen LogP contribution in [0.5, 0.6) is 5.75 Å². The van der Waals surface area contributed by atoms with Gasteiger partial charge in [-0.2, -0.15) is 0 Å². The Balaban J connectivity index is 1.87. The van der Waals surface area contributed by atoms with Crippen LogP contribution in [-0.2, 0) is 12.3 Å². The number of hydrogen-bond acceptors (Lipinski definition) is 4. The zero-order valence-corrected chi connectivity index (χ0v) is 14.8. The van der Waals surface area contributed by atoms with Crippen molar-refractivity contribution in [3.05, 3.63) is 60.2 Å². The molecule has 0 radical (unpaired) electrons. The van der Waals surface area contributed by atoms with Crippen LogP contribution in [0.25, 0.3) is 11.4 Å². The van der Waals surface area contributed by atoms with Gasteiger partial charge in [0.15, 0.2) is 11.0 Å². The van der Waals surface area contributed by atoms with Gasteiger partial charge in [-0.25, -0.2) is 0 Å². The van der Waals surface area contributed by atoms with Gasteiger partial charge in [0.2, 0.25) is 0 Å². The minimum atomic E-state index is 0.632. The summed E-state index contributed by atoms with van der Waals surface area (Å²) in [5, 5.41) is 9.76. The van der Waals surface area contributed by atoms with Crippen molar-refractivity contribution < 1.29 is 4.74 Å². The molecule has 0 N–H and O–H groups in total. The fourth-order valence-electron chi connectivity index (χ4n) is 2.53. The van der Waals surface area contributed by atoms with Crippen LogP contribution in [0.15, 0.2) is 59.8 Å². The smallest absolute Gasteiger partial charge is 0.191 e. The minimum Gasteiger partial charge on any atom is -0.493 e. The highest BCUT2D eigenvalue weighted by molar-refractivity contribution is 7.98. The van der Waals surface area contributed by atoms with Crippen molar-refractivity contribution >= 4 is 11.8 Å². The maximum atomic E-state index is 5.74. The Morgan fingerprint density at radius 3 is 2.46 bits per heavy atom. The lowest BCUT2D eigenvalue weighted by atomic mass is 10.2. The quantitative estimate of drug-likeness (QED) is 0.587. The second-order valence-corrected chi connectivity index (χ2v) is 6.20. The van der Waals surface area contributed by atoms with Crippen LogP contribution in [-0.4, -0.2) is 21.4 Å². The maximum absolute atomic E-state index is 5.74. The number of benzene rings is 2. The summed E-state index contributed by atoms with van der Waals surface area (Å²) in [4.78, 5) is 0. The molecule has 0 bridgehead atoms. The second-order valence-electron chi connectivity index (χ2n) is 5.25. The van der Waals surface area contributed by atoms with E-state index < -0.39 is 0 Å². The van der Waals surface area contributed by atoms with Crippen molar-refractivity contribution in [1.29, 1.82) is 0 Å². The summed E-state index contributed by atoms with van der Waals surface area (Å²) in [6, 6.07) is 18.4. The van der Waals surface area contributed by atoms with E-state index in [2.05, 4.69) is 46.0 Å². The van der Waals surface area contributed by atoms with E-state index in [1.807, 2.05) is 37.3 Å². The third kappa shape index (κ3) is 3.62. The number of thioether (sulfide) groups is 1. The summed E-state index contributed by atoms with van der Waals surface area (Å²) in [5.74, 6) is 2.59. The zero-order chi connectivity index (χ0) is 16.8. The van der Waals surface area contributed by atoms with E-state index in [4.69, 9.17) is 4.74 Å². The molecule has 4 nitrogen and oxygen atoms in total. The molecule has 3 aromatic rings. The number of ether oxygens (including phenoxy) is 1. The summed E-state index contributed by atoms with van der Waals surface area (Å²) in [7, 11) is 0. The molecule has 0 fully saturated rings. The summed E-state index contributed by atoms with van der Waals surface area (Å²) in [6.07, 6.45) is 0. The summed E-state index contributed by atoms with van der Waals surface area (Å²) in [5.41, 5.74) is 2.27. The molecule has 0 spiro atoms. The molecular weight excluding hydrogens is 318 g/mol. The Hall–Kier alpha value is -2.27. The molecule has 0 atom stereocenters. The van der Waals surface area contributed by atoms with Crippen molar-refractivity contribution in [2.45, 2.75) is 31.3 Å². The molecule has 0 saturated carbocycles. The fraction of sp³-hybridized carbons (Fsp3) is 0.263. The van der Waals surface area contributed by atoms with Crippen LogP contribution in [0.1, 0.15) is 19.4 Å². The summed E-state index contributed by atoms with van der Waals surface area (Å²) < 4.78 is 7.89. The zero-order valence-electron chi connectivity index (χ0n) is 14.0. The molecule has 24 heavy (non-hydrogen) atoms. The Morgan fingerprint density at radius 1 is 0.958 bits per heavy atom. The lowest BCUT2D eigenvalue weighted by Gasteiger charge is -2.11. The lowest BCUT2D eigenvalue weighted by Crippen LogP contribution is -2.02. The van der Waals surface area contributed by atoms with Crippen molar-refractivity contribution in [3.63, 3.8) is 0 Å². The molecule has 0 unspecified atom stereocenters. The first-order valence-corrected chi connectivity index (χ1v) is 9.14. The van der Waals surface area contributed by atoms with Gasteiger partial charge in [-0.15, -0.1) is 10.2 Å². The Kier molecular flexibility index (Phi) is 5.54. The van der Waals surface area contributed by atoms with E-state index in [-0.39, 0.29) is 0 Å². The van der Waals surface area contributed by atoms with Gasteiger partial charge in [-0.1, -0.05) is 54.2 Å². The van der Waals surface area contributed by atoms with Crippen molar-refractivity contribution in [2.24, 2.45) is 0 Å². The highest BCUT2D eigenvalue weighted by Crippen LogP contribution is 2.31. The molecule has 0 aliphatic carbocycles. The largest absolute Gasteiger partial charge is 0.493 e. The highest BCUT2D eigenvalue weighted by atomic mass is 32.2. The standard InChI is InChI=1S/C19H21N3OS/c1-3-22-18(16-12-8-9-13-17(16)23-4-2)20-21-19(22)24-14-15-10-6-5-7-11-15/h5-13H,3-4,14H2,1-2H3. The first kappa shape index (κ1) is 16.6. The molecular formula is C19H21N3OS. The number of nitrogens with zero attached hydrogens (tertiary/aromatic N) is 3. The lowest BCUT2D eigenvalue weighted by molar-refractivity contribution is 0.341. The number of rotatable bonds is 7. The summed E-state index contributed by atoms with van der Waals surface area (Å²) >= 11 is 1.71. The Morgan fingerprint density at radius 2 is 1.71 bits per heavy atom. The van der Waals surface area contributed by atoms with Gasteiger partial charge in [0.25, 0.3) is 0 Å². The Labute approximate surface area is 146 Å². The average molecular weight is 339 g/mol. The number of hydrogen-bond donors (Lipinski definition) is 0. The SMILES string of the molecule is CCOc1ccccc1-c1nnc(SCc2ccccc2)n1CC. The molecule has 3 rings (SSSR count). The van der Waals surface area contributed by atoms with Gasteiger partial charge in [0.1, 0.15) is 5.75 Å². The molecule has 0 aliphatic heterocycles. The normalized spacial score (nSPS) is 10.8. The molecule has 0 aliphatic rings.